The Labute approximate surface area is 419 Å². The molecular formula is C52H54F3N7O7S2. The Hall–Kier alpha value is -6.88. The van der Waals surface area contributed by atoms with Gasteiger partial charge in [0.15, 0.2) is 10.8 Å². The number of benzene rings is 4. The van der Waals surface area contributed by atoms with Crippen LogP contribution in [0.15, 0.2) is 96.5 Å². The highest BCUT2D eigenvalue weighted by molar-refractivity contribution is 7.81. The molecule has 1 aromatic heterocycles. The number of carbonyl (C=O) groups is 4. The van der Waals surface area contributed by atoms with Gasteiger partial charge in [-0.2, -0.15) is 13.2 Å². The van der Waals surface area contributed by atoms with Crippen molar-refractivity contribution in [2.45, 2.75) is 97.3 Å². The largest absolute Gasteiger partial charge is 0.490 e. The second kappa shape index (κ2) is 21.2. The van der Waals surface area contributed by atoms with Crippen LogP contribution in [-0.2, 0) is 38.3 Å². The van der Waals surface area contributed by atoms with Gasteiger partial charge in [0.25, 0.3) is 5.91 Å². The summed E-state index contributed by atoms with van der Waals surface area (Å²) in [6.45, 7) is 18.4. The van der Waals surface area contributed by atoms with E-state index in [9.17, 15) is 37.5 Å². The smallest absolute Gasteiger partial charge is 0.407 e. The Morgan fingerprint density at radius 1 is 0.944 bits per heavy atom. The minimum Gasteiger partial charge on any atom is -0.490 e. The molecule has 19 heteroatoms. The Balaban J connectivity index is 0.863. The molecule has 5 aromatic rings. The topological polar surface area (TPSA) is 158 Å². The molecule has 7 rings (SSSR count). The number of amides is 4. The predicted molar refractivity (Wildman–Crippen MR) is 268 cm³/mol. The van der Waals surface area contributed by atoms with Crippen molar-refractivity contribution in [2.75, 3.05) is 29.6 Å². The number of nitrogens with one attached hydrogen (secondary N) is 2. The lowest BCUT2D eigenvalue weighted by molar-refractivity contribution is -0.144. The maximum absolute atomic E-state index is 14.1. The molecule has 14 nitrogen and oxygen atoms in total. The lowest BCUT2D eigenvalue weighted by Crippen LogP contribution is -2.57. The van der Waals surface area contributed by atoms with Crippen LogP contribution in [0.5, 0.6) is 11.5 Å². The maximum Gasteiger partial charge on any atom is 0.407 e. The zero-order valence-corrected chi connectivity index (χ0v) is 41.6. The average molecular weight is 1010 g/mol. The lowest BCUT2D eigenvalue weighted by atomic mass is 9.85. The zero-order valence-electron chi connectivity index (χ0n) is 40.0. The number of β-amino-alcohol motifs (C(OH)–C–C–N with tert-alkyl or cyclic N) is 1. The summed E-state index contributed by atoms with van der Waals surface area (Å²) in [5.74, 6) is -0.615. The number of alkyl halides is 3. The highest BCUT2D eigenvalue weighted by Crippen LogP contribution is 2.42. The van der Waals surface area contributed by atoms with Crippen molar-refractivity contribution in [3.8, 4) is 21.9 Å². The third-order valence-electron chi connectivity index (χ3n) is 12.3. The number of aromatic nitrogens is 1. The van der Waals surface area contributed by atoms with Crippen molar-refractivity contribution in [1.29, 1.82) is 0 Å². The van der Waals surface area contributed by atoms with E-state index in [1.54, 1.807) is 72.0 Å². The number of nitrogens with zero attached hydrogens (tertiary/aromatic N) is 5. The van der Waals surface area contributed by atoms with Gasteiger partial charge in [0.2, 0.25) is 17.7 Å². The second-order valence-corrected chi connectivity index (χ2v) is 20.1. The number of thiocarbonyl (C=S) groups is 1. The first-order valence-electron chi connectivity index (χ1n) is 22.8. The minimum atomic E-state index is -4.80. The first-order chi connectivity index (χ1) is 33.6. The standard InChI is InChI=1S/C52H54F3N7O7S2/c1-31-44(71-30-58-31)34-13-8-33(9-14-34)28-57-46(65)42-27-37(63)29-60(42)47(66)45(50(2,3)4)59-43(64)23-12-32-10-18-38(19-11-32)68-24-25-69-39-20-15-35(16-21-39)62-49(70)61(48(67)51(62,5)6)36-17-22-41(56-7)40(26-36)52(53,54)55/h8-11,13-22,26,30,37,42,45,63H,12,23-25,27-29H2,1-6H3,(H,57,65)(H,59,64)/t37-,42+,45-/m1/s1. The van der Waals surface area contributed by atoms with Gasteiger partial charge in [-0.15, -0.1) is 11.3 Å². The molecule has 0 unspecified atom stereocenters. The van der Waals surface area contributed by atoms with Crippen LogP contribution in [0, 0.1) is 18.9 Å². The summed E-state index contributed by atoms with van der Waals surface area (Å²) < 4.78 is 53.0. The minimum absolute atomic E-state index is 0.0178. The van der Waals surface area contributed by atoms with Gasteiger partial charge in [-0.25, -0.2) is 9.83 Å². The maximum atomic E-state index is 14.1. The molecule has 2 fully saturated rings. The molecule has 2 aliphatic rings. The number of likely N-dealkylation sites (tertiary alicyclic amines) is 1. The summed E-state index contributed by atoms with van der Waals surface area (Å²) in [6, 6.07) is 23.0. The van der Waals surface area contributed by atoms with Crippen LogP contribution in [0.2, 0.25) is 0 Å². The third-order valence-corrected chi connectivity index (χ3v) is 13.7. The summed E-state index contributed by atoms with van der Waals surface area (Å²) in [7, 11) is 0. The summed E-state index contributed by atoms with van der Waals surface area (Å²) in [6.07, 6.45) is -5.13. The number of thiazole rings is 1. The molecule has 0 spiro atoms. The van der Waals surface area contributed by atoms with E-state index in [-0.39, 0.29) is 61.8 Å². The highest BCUT2D eigenvalue weighted by atomic mass is 32.1. The number of anilines is 2. The van der Waals surface area contributed by atoms with E-state index in [0.29, 0.717) is 23.6 Å². The fourth-order valence-corrected chi connectivity index (χ4v) is 9.81. The molecule has 0 bridgehead atoms. The zero-order chi connectivity index (χ0) is 51.4. The van der Waals surface area contributed by atoms with E-state index < -0.39 is 58.4 Å². The molecule has 71 heavy (non-hydrogen) atoms. The third kappa shape index (κ3) is 11.8. The van der Waals surface area contributed by atoms with Crippen LogP contribution in [0.1, 0.15) is 69.8 Å². The Morgan fingerprint density at radius 3 is 2.13 bits per heavy atom. The molecule has 3 atom stereocenters. The highest BCUT2D eigenvalue weighted by Gasteiger charge is 2.51. The van der Waals surface area contributed by atoms with Crippen LogP contribution in [0.3, 0.4) is 0 Å². The van der Waals surface area contributed by atoms with Crippen LogP contribution in [-0.4, -0.2) is 87.2 Å². The number of hydrogen-bond acceptors (Lipinski definition) is 10. The number of hydrogen-bond donors (Lipinski definition) is 3. The van der Waals surface area contributed by atoms with Gasteiger partial charge in [0.05, 0.1) is 34.3 Å². The number of aliphatic hydroxyl groups is 1. The van der Waals surface area contributed by atoms with Gasteiger partial charge in [0.1, 0.15) is 42.3 Å². The molecule has 372 valence electrons. The van der Waals surface area contributed by atoms with Crippen molar-refractivity contribution in [3.63, 3.8) is 0 Å². The lowest BCUT2D eigenvalue weighted by Gasteiger charge is -2.35. The molecular weight excluding hydrogens is 956 g/mol. The van der Waals surface area contributed by atoms with Crippen LogP contribution in [0.4, 0.5) is 30.2 Å². The van der Waals surface area contributed by atoms with Crippen LogP contribution >= 0.6 is 23.6 Å². The summed E-state index contributed by atoms with van der Waals surface area (Å²) in [5.41, 5.74) is 2.27. The van der Waals surface area contributed by atoms with Gasteiger partial charge in [-0.05, 0) is 110 Å². The number of aryl methyl sites for hydroxylation is 2. The number of aliphatic hydroxyl groups excluding tert-OH is 1. The number of rotatable bonds is 16. The van der Waals surface area contributed by atoms with Crippen molar-refractivity contribution in [3.05, 3.63) is 130 Å². The number of carbonyl (C=O) groups excluding carboxylic acids is 4. The quantitative estimate of drug-likeness (QED) is 0.0496. The SMILES string of the molecule is [C-]#[N+]c1ccc(N2C(=O)C(C)(C)N(c3ccc(OCCOc4ccc(CCC(=O)N[C@H](C(=O)N5C[C@H](O)C[C@H]5C(=O)NCc5ccc(-c6scnc6C)cc5)C(C)(C)C)cc4)cc3)C2=S)cc1C(F)(F)F. The molecule has 2 saturated heterocycles. The Bertz CT molecular complexity index is 2820. The van der Waals surface area contributed by atoms with Crippen LogP contribution < -0.4 is 29.9 Å². The van der Waals surface area contributed by atoms with Gasteiger partial charge in [-0.3, -0.25) is 24.1 Å². The van der Waals surface area contributed by atoms with E-state index in [1.165, 1.54) is 11.0 Å². The molecule has 4 amide bonds. The molecule has 3 heterocycles. The average Bonchev–Trinajstić information content (AvgIpc) is 4.00. The molecule has 4 aromatic carbocycles. The second-order valence-electron chi connectivity index (χ2n) is 18.9. The Morgan fingerprint density at radius 2 is 1.55 bits per heavy atom. The number of halogens is 3. The normalized spacial score (nSPS) is 17.2. The Kier molecular flexibility index (Phi) is 15.5. The van der Waals surface area contributed by atoms with Crippen molar-refractivity contribution >= 4 is 69.4 Å². The molecule has 0 aliphatic carbocycles. The summed E-state index contributed by atoms with van der Waals surface area (Å²) in [4.78, 5) is 66.8. The first-order valence-corrected chi connectivity index (χ1v) is 24.1. The van der Waals surface area contributed by atoms with Crippen LogP contribution in [0.25, 0.3) is 15.3 Å². The van der Waals surface area contributed by atoms with Crippen molar-refractivity contribution < 1.29 is 46.9 Å². The fraction of sp³-hybridized carbons (Fsp3) is 0.365. The van der Waals surface area contributed by atoms with Gasteiger partial charge >= 0.3 is 6.18 Å². The van der Waals surface area contributed by atoms with Gasteiger partial charge in [-0.1, -0.05) is 63.2 Å². The van der Waals surface area contributed by atoms with E-state index in [4.69, 9.17) is 28.3 Å². The number of ether oxygens (including phenoxy) is 2. The van der Waals surface area contributed by atoms with E-state index >= 15 is 0 Å². The monoisotopic (exact) mass is 1010 g/mol. The molecule has 3 N–H and O–H groups in total. The van der Waals surface area contributed by atoms with Crippen molar-refractivity contribution in [2.24, 2.45) is 5.41 Å². The summed E-state index contributed by atoms with van der Waals surface area (Å²) >= 11 is 7.20. The fourth-order valence-electron chi connectivity index (χ4n) is 8.48. The van der Waals surface area contributed by atoms with E-state index in [1.807, 2.05) is 64.1 Å². The molecule has 0 radical (unpaired) electrons. The summed E-state index contributed by atoms with van der Waals surface area (Å²) in [5, 5.41) is 16.4. The van der Waals surface area contributed by atoms with E-state index in [2.05, 4.69) is 20.5 Å². The van der Waals surface area contributed by atoms with Crippen molar-refractivity contribution in [1.82, 2.24) is 20.5 Å². The molecule has 0 saturated carbocycles. The molecule has 2 aliphatic heterocycles. The predicted octanol–water partition coefficient (Wildman–Crippen LogP) is 8.80. The van der Waals surface area contributed by atoms with Gasteiger partial charge < -0.3 is 35.0 Å². The van der Waals surface area contributed by atoms with Gasteiger partial charge in [0, 0.05) is 37.3 Å². The first kappa shape index (κ1) is 52.0. The van der Waals surface area contributed by atoms with E-state index in [0.717, 1.165) is 44.3 Å².